The third-order valence-electron chi connectivity index (χ3n) is 3.81. The first-order valence-corrected chi connectivity index (χ1v) is 6.63. The van der Waals surface area contributed by atoms with Gasteiger partial charge in [-0.25, -0.2) is 4.98 Å². The maximum absolute atomic E-state index is 10.4. The van der Waals surface area contributed by atoms with Gasteiger partial charge in [-0.2, -0.15) is 0 Å². The third kappa shape index (κ3) is 2.68. The monoisotopic (exact) mass is 279 g/mol. The number of rotatable bonds is 6. The summed E-state index contributed by atoms with van der Waals surface area (Å²) < 4.78 is 1.97. The van der Waals surface area contributed by atoms with Crippen LogP contribution in [-0.4, -0.2) is 34.0 Å². The first-order chi connectivity index (χ1) is 9.58. The number of aryl methyl sites for hydroxylation is 1. The van der Waals surface area contributed by atoms with E-state index in [1.165, 1.54) is 0 Å². The number of nitrogens with two attached hydrogens (primary N) is 1. The Bertz CT molecular complexity index is 499. The van der Waals surface area contributed by atoms with Crippen molar-refractivity contribution in [2.45, 2.75) is 32.1 Å². The van der Waals surface area contributed by atoms with Crippen molar-refractivity contribution in [3.8, 4) is 0 Å². The van der Waals surface area contributed by atoms with Crippen molar-refractivity contribution in [3.05, 3.63) is 24.2 Å². The second-order valence-corrected chi connectivity index (χ2v) is 5.04. The van der Waals surface area contributed by atoms with Crippen molar-refractivity contribution in [2.75, 3.05) is 11.9 Å². The van der Waals surface area contributed by atoms with Crippen LogP contribution in [0.1, 0.15) is 24.6 Å². The molecule has 2 rings (SSSR count). The van der Waals surface area contributed by atoms with Gasteiger partial charge < -0.3 is 20.3 Å². The average Bonchev–Trinajstić information content (AvgIpc) is 2.94. The Morgan fingerprint density at radius 2 is 2.45 bits per heavy atom. The van der Waals surface area contributed by atoms with Gasteiger partial charge in [0.2, 0.25) is 6.41 Å². The lowest BCUT2D eigenvalue weighted by Crippen LogP contribution is -2.44. The van der Waals surface area contributed by atoms with Crippen LogP contribution in [0.3, 0.4) is 0 Å². The summed E-state index contributed by atoms with van der Waals surface area (Å²) in [5.41, 5.74) is 7.55. The summed E-state index contributed by atoms with van der Waals surface area (Å²) in [5.74, 6) is 0.897. The van der Waals surface area contributed by atoms with E-state index in [1.54, 1.807) is 6.33 Å². The number of aliphatic hydroxyl groups excluding tert-OH is 1. The minimum absolute atomic E-state index is 0.0966. The number of carbonyl (C=O) groups is 1. The van der Waals surface area contributed by atoms with E-state index in [0.29, 0.717) is 6.41 Å². The number of amides is 1. The van der Waals surface area contributed by atoms with Crippen LogP contribution in [0.15, 0.2) is 18.5 Å². The minimum Gasteiger partial charge on any atom is -0.396 e. The molecule has 0 spiro atoms. The minimum atomic E-state index is -0.676. The van der Waals surface area contributed by atoms with E-state index >= 15 is 0 Å². The van der Waals surface area contributed by atoms with E-state index in [0.717, 1.165) is 29.9 Å². The van der Waals surface area contributed by atoms with Crippen LogP contribution < -0.4 is 16.4 Å². The second kappa shape index (κ2) is 6.06. The van der Waals surface area contributed by atoms with Gasteiger partial charge in [0.15, 0.2) is 6.29 Å². The van der Waals surface area contributed by atoms with Crippen LogP contribution in [-0.2, 0) is 4.79 Å². The Balaban J connectivity index is 2.21. The van der Waals surface area contributed by atoms with Gasteiger partial charge >= 0.3 is 0 Å². The Labute approximate surface area is 117 Å². The fourth-order valence-corrected chi connectivity index (χ4v) is 2.66. The SMILES string of the molecule is C=C1C(CO)CCC1n1cnc(C)c1NC(N)NC=O. The van der Waals surface area contributed by atoms with Crippen LogP contribution in [0.5, 0.6) is 0 Å². The molecule has 0 aromatic carbocycles. The topological polar surface area (TPSA) is 105 Å². The first-order valence-electron chi connectivity index (χ1n) is 6.63. The molecule has 20 heavy (non-hydrogen) atoms. The van der Waals surface area contributed by atoms with E-state index in [1.807, 2.05) is 11.5 Å². The average molecular weight is 279 g/mol. The van der Waals surface area contributed by atoms with Gasteiger partial charge in [-0.05, 0) is 25.3 Å². The zero-order valence-electron chi connectivity index (χ0n) is 11.5. The van der Waals surface area contributed by atoms with Crippen molar-refractivity contribution in [3.63, 3.8) is 0 Å². The predicted octanol–water partition coefficient (Wildman–Crippen LogP) is 0.0913. The summed E-state index contributed by atoms with van der Waals surface area (Å²) in [5, 5.41) is 14.8. The quantitative estimate of drug-likeness (QED) is 0.335. The van der Waals surface area contributed by atoms with Gasteiger partial charge in [-0.1, -0.05) is 6.58 Å². The molecule has 1 amide bonds. The molecule has 1 aromatic rings. The summed E-state index contributed by atoms with van der Waals surface area (Å²) in [6.45, 7) is 6.08. The number of aromatic nitrogens is 2. The van der Waals surface area contributed by atoms with Gasteiger partial charge in [-0.3, -0.25) is 10.5 Å². The summed E-state index contributed by atoms with van der Waals surface area (Å²) in [7, 11) is 0. The van der Waals surface area contributed by atoms with Gasteiger partial charge in [0.05, 0.1) is 18.1 Å². The third-order valence-corrected chi connectivity index (χ3v) is 3.81. The smallest absolute Gasteiger partial charge is 0.209 e. The van der Waals surface area contributed by atoms with Crippen molar-refractivity contribution in [1.29, 1.82) is 0 Å². The molecular formula is C13H21N5O2. The van der Waals surface area contributed by atoms with E-state index in [2.05, 4.69) is 22.2 Å². The Hall–Kier alpha value is -1.86. The van der Waals surface area contributed by atoms with E-state index < -0.39 is 6.29 Å². The van der Waals surface area contributed by atoms with Crippen LogP contribution in [0.4, 0.5) is 5.82 Å². The molecule has 0 radical (unpaired) electrons. The summed E-state index contributed by atoms with van der Waals surface area (Å²) >= 11 is 0. The highest BCUT2D eigenvalue weighted by molar-refractivity contribution is 5.49. The molecule has 7 heteroatoms. The molecule has 3 atom stereocenters. The number of aliphatic hydroxyl groups is 1. The van der Waals surface area contributed by atoms with E-state index in [4.69, 9.17) is 5.73 Å². The number of hydrogen-bond acceptors (Lipinski definition) is 5. The molecule has 0 bridgehead atoms. The maximum atomic E-state index is 10.4. The molecule has 1 aromatic heterocycles. The Morgan fingerprint density at radius 3 is 3.05 bits per heavy atom. The van der Waals surface area contributed by atoms with Gasteiger partial charge in [0, 0.05) is 12.5 Å². The van der Waals surface area contributed by atoms with Gasteiger partial charge in [-0.15, -0.1) is 0 Å². The number of nitrogens with one attached hydrogen (secondary N) is 2. The molecule has 1 fully saturated rings. The highest BCUT2D eigenvalue weighted by Gasteiger charge is 2.31. The number of carbonyl (C=O) groups excluding carboxylic acids is 1. The molecule has 1 aliphatic carbocycles. The molecule has 0 aliphatic heterocycles. The largest absolute Gasteiger partial charge is 0.396 e. The highest BCUT2D eigenvalue weighted by atomic mass is 16.3. The fourth-order valence-electron chi connectivity index (χ4n) is 2.66. The Morgan fingerprint density at radius 1 is 1.70 bits per heavy atom. The lowest BCUT2D eigenvalue weighted by Gasteiger charge is -2.21. The molecule has 3 unspecified atom stereocenters. The van der Waals surface area contributed by atoms with Crippen molar-refractivity contribution < 1.29 is 9.90 Å². The number of anilines is 1. The predicted molar refractivity (Wildman–Crippen MR) is 75.7 cm³/mol. The normalized spacial score (nSPS) is 23.6. The standard InChI is InChI=1S/C13H21N5O2/c1-8-10(5-19)3-4-11(8)18-6-15-9(2)12(18)17-13(14)16-7-20/h6-7,10-11,13,17,19H,1,3-5,14H2,2H3,(H,16,20). The molecular weight excluding hydrogens is 258 g/mol. The highest BCUT2D eigenvalue weighted by Crippen LogP contribution is 2.40. The van der Waals surface area contributed by atoms with Crippen LogP contribution in [0.25, 0.3) is 0 Å². The summed E-state index contributed by atoms with van der Waals surface area (Å²) in [4.78, 5) is 14.7. The molecule has 0 saturated heterocycles. The van der Waals surface area contributed by atoms with Gasteiger partial charge in [0.1, 0.15) is 5.82 Å². The molecule has 7 nitrogen and oxygen atoms in total. The number of hydrogen-bond donors (Lipinski definition) is 4. The maximum Gasteiger partial charge on any atom is 0.209 e. The van der Waals surface area contributed by atoms with E-state index in [9.17, 15) is 9.90 Å². The molecule has 1 aliphatic rings. The fraction of sp³-hybridized carbons (Fsp3) is 0.538. The first kappa shape index (κ1) is 14.5. The molecule has 1 heterocycles. The second-order valence-electron chi connectivity index (χ2n) is 5.04. The van der Waals surface area contributed by atoms with E-state index in [-0.39, 0.29) is 18.6 Å². The van der Waals surface area contributed by atoms with Gasteiger partial charge in [0.25, 0.3) is 0 Å². The van der Waals surface area contributed by atoms with Crippen LogP contribution >= 0.6 is 0 Å². The van der Waals surface area contributed by atoms with Crippen LogP contribution in [0.2, 0.25) is 0 Å². The zero-order valence-corrected chi connectivity index (χ0v) is 11.5. The zero-order chi connectivity index (χ0) is 14.7. The summed E-state index contributed by atoms with van der Waals surface area (Å²) in [6, 6.07) is 0.0966. The summed E-state index contributed by atoms with van der Waals surface area (Å²) in [6.07, 6.45) is 3.43. The van der Waals surface area contributed by atoms with Crippen molar-refractivity contribution in [2.24, 2.45) is 11.7 Å². The number of imidazole rings is 1. The Kier molecular flexibility index (Phi) is 4.41. The molecule has 110 valence electrons. The van der Waals surface area contributed by atoms with Crippen molar-refractivity contribution in [1.82, 2.24) is 14.9 Å². The van der Waals surface area contributed by atoms with Crippen LogP contribution in [0, 0.1) is 12.8 Å². The lowest BCUT2D eigenvalue weighted by molar-refractivity contribution is -0.109. The number of nitrogens with zero attached hydrogens (tertiary/aromatic N) is 2. The van der Waals surface area contributed by atoms with Crippen molar-refractivity contribution >= 4 is 12.2 Å². The molecule has 5 N–H and O–H groups in total. The molecule has 1 saturated carbocycles. The lowest BCUT2D eigenvalue weighted by atomic mass is 10.0.